The number of aromatic nitrogens is 3. The van der Waals surface area contributed by atoms with E-state index in [0.29, 0.717) is 16.1 Å². The Morgan fingerprint density at radius 1 is 1.23 bits per heavy atom. The highest BCUT2D eigenvalue weighted by atomic mass is 32.2. The zero-order valence-electron chi connectivity index (χ0n) is 6.54. The minimum Gasteiger partial charge on any atom is -0.440 e. The summed E-state index contributed by atoms with van der Waals surface area (Å²) in [5.74, 6) is 0. The van der Waals surface area contributed by atoms with Gasteiger partial charge in [-0.15, -0.1) is 0 Å². The summed E-state index contributed by atoms with van der Waals surface area (Å²) in [5, 5.41) is 1.08. The lowest BCUT2D eigenvalue weighted by atomic mass is 10.6. The quantitative estimate of drug-likeness (QED) is 0.724. The van der Waals surface area contributed by atoms with E-state index in [0.717, 1.165) is 0 Å². The monoisotopic (exact) mass is 194 g/mol. The highest BCUT2D eigenvalue weighted by Gasteiger charge is 2.02. The van der Waals surface area contributed by atoms with Crippen LogP contribution >= 0.6 is 11.8 Å². The molecule has 0 fully saturated rings. The van der Waals surface area contributed by atoms with Crippen LogP contribution in [0.2, 0.25) is 0 Å². The van der Waals surface area contributed by atoms with Gasteiger partial charge < -0.3 is 10.2 Å². The maximum atomic E-state index is 5.43. The van der Waals surface area contributed by atoms with Gasteiger partial charge in [0.1, 0.15) is 6.26 Å². The Kier molecular flexibility index (Phi) is 2.13. The normalized spacial score (nSPS) is 10.2. The molecule has 2 rings (SSSR count). The molecule has 2 N–H and O–H groups in total. The van der Waals surface area contributed by atoms with E-state index in [1.165, 1.54) is 30.4 Å². The van der Waals surface area contributed by atoms with Crippen LogP contribution in [0.15, 0.2) is 39.7 Å². The second-order valence-corrected chi connectivity index (χ2v) is 3.12. The molecule has 0 amide bonds. The van der Waals surface area contributed by atoms with Crippen molar-refractivity contribution >= 4 is 17.4 Å². The largest absolute Gasteiger partial charge is 0.440 e. The fourth-order valence-electron chi connectivity index (χ4n) is 0.718. The molecule has 0 radical (unpaired) electrons. The Hall–Kier alpha value is -1.56. The lowest BCUT2D eigenvalue weighted by molar-refractivity contribution is 0.453. The number of hydrogen-bond donors (Lipinski definition) is 1. The van der Waals surface area contributed by atoms with Crippen molar-refractivity contribution in [2.75, 3.05) is 5.73 Å². The molecule has 5 nitrogen and oxygen atoms in total. The average molecular weight is 194 g/mol. The highest BCUT2D eigenvalue weighted by Crippen LogP contribution is 2.21. The molecular formula is C7H6N4OS. The lowest BCUT2D eigenvalue weighted by Crippen LogP contribution is -1.90. The van der Waals surface area contributed by atoms with Gasteiger partial charge >= 0.3 is 0 Å². The predicted molar refractivity (Wildman–Crippen MR) is 47.1 cm³/mol. The maximum absolute atomic E-state index is 5.43. The van der Waals surface area contributed by atoms with Gasteiger partial charge in [-0.3, -0.25) is 0 Å². The molecule has 0 unspecified atom stereocenters. The first kappa shape index (κ1) is 8.06. The molecule has 0 saturated carbocycles. The Morgan fingerprint density at radius 2 is 2.00 bits per heavy atom. The molecule has 0 aromatic carbocycles. The van der Waals surface area contributed by atoms with E-state index in [4.69, 9.17) is 10.2 Å². The minimum absolute atomic E-state index is 0.518. The van der Waals surface area contributed by atoms with E-state index in [-0.39, 0.29) is 0 Å². The van der Waals surface area contributed by atoms with Gasteiger partial charge in [-0.2, -0.15) is 0 Å². The van der Waals surface area contributed by atoms with Gasteiger partial charge in [-0.05, 0) is 0 Å². The number of hydrogen-bond acceptors (Lipinski definition) is 6. The lowest BCUT2D eigenvalue weighted by Gasteiger charge is -1.94. The number of nitrogens with zero attached hydrogens (tertiary/aromatic N) is 3. The summed E-state index contributed by atoms with van der Waals surface area (Å²) >= 11 is 1.25. The van der Waals surface area contributed by atoms with Crippen molar-refractivity contribution in [3.63, 3.8) is 0 Å². The highest BCUT2D eigenvalue weighted by molar-refractivity contribution is 7.98. The van der Waals surface area contributed by atoms with Gasteiger partial charge in [0.2, 0.25) is 0 Å². The maximum Gasteiger partial charge on any atom is 0.263 e. The van der Waals surface area contributed by atoms with Crippen molar-refractivity contribution in [3.05, 3.63) is 24.9 Å². The van der Waals surface area contributed by atoms with Gasteiger partial charge in [-0.25, -0.2) is 15.0 Å². The molecular weight excluding hydrogens is 188 g/mol. The van der Waals surface area contributed by atoms with Gasteiger partial charge in [0, 0.05) is 11.8 Å². The van der Waals surface area contributed by atoms with Crippen LogP contribution < -0.4 is 5.73 Å². The van der Waals surface area contributed by atoms with E-state index in [2.05, 4.69) is 15.0 Å². The molecule has 66 valence electrons. The molecule has 0 atom stereocenters. The summed E-state index contributed by atoms with van der Waals surface area (Å²) < 4.78 is 5.01. The standard InChI is InChI=1S/C7H6N4OS/c8-5-3-10-6(11-4-5)13-7-9-1-2-12-7/h1-4H,8H2. The number of rotatable bonds is 2. The van der Waals surface area contributed by atoms with Crippen molar-refractivity contribution in [2.24, 2.45) is 0 Å². The Bertz CT molecular complexity index is 372. The van der Waals surface area contributed by atoms with Crippen LogP contribution in [0.25, 0.3) is 0 Å². The SMILES string of the molecule is Nc1cnc(Sc2ncco2)nc1. The van der Waals surface area contributed by atoms with Crippen LogP contribution in [0, 0.1) is 0 Å². The second kappa shape index (κ2) is 3.44. The molecule has 2 aromatic heterocycles. The first-order valence-corrected chi connectivity index (χ1v) is 4.31. The molecule has 0 aliphatic rings. The van der Waals surface area contributed by atoms with Gasteiger partial charge in [0.15, 0.2) is 5.16 Å². The van der Waals surface area contributed by atoms with E-state index in [1.807, 2.05) is 0 Å². The summed E-state index contributed by atoms with van der Waals surface area (Å²) in [6.45, 7) is 0. The van der Waals surface area contributed by atoms with Crippen LogP contribution in [0.5, 0.6) is 0 Å². The molecule has 0 saturated heterocycles. The van der Waals surface area contributed by atoms with Crippen molar-refractivity contribution in [3.8, 4) is 0 Å². The first-order valence-electron chi connectivity index (χ1n) is 3.49. The average Bonchev–Trinajstić information content (AvgIpc) is 2.62. The number of anilines is 1. The molecule has 2 aromatic rings. The Balaban J connectivity index is 2.15. The zero-order chi connectivity index (χ0) is 9.10. The Morgan fingerprint density at radius 3 is 2.62 bits per heavy atom. The van der Waals surface area contributed by atoms with Crippen LogP contribution in [-0.4, -0.2) is 15.0 Å². The van der Waals surface area contributed by atoms with Crippen molar-refractivity contribution in [2.45, 2.75) is 10.4 Å². The third-order valence-corrected chi connectivity index (χ3v) is 2.01. The van der Waals surface area contributed by atoms with Crippen LogP contribution in [-0.2, 0) is 0 Å². The van der Waals surface area contributed by atoms with Crippen molar-refractivity contribution in [1.29, 1.82) is 0 Å². The zero-order valence-corrected chi connectivity index (χ0v) is 7.36. The van der Waals surface area contributed by atoms with E-state index < -0.39 is 0 Å². The topological polar surface area (TPSA) is 77.8 Å². The van der Waals surface area contributed by atoms with Gasteiger partial charge in [0.25, 0.3) is 5.22 Å². The summed E-state index contributed by atoms with van der Waals surface area (Å²) in [7, 11) is 0. The molecule has 0 aliphatic carbocycles. The molecule has 0 aliphatic heterocycles. The van der Waals surface area contributed by atoms with Crippen molar-refractivity contribution < 1.29 is 4.42 Å². The van der Waals surface area contributed by atoms with E-state index in [1.54, 1.807) is 6.20 Å². The fraction of sp³-hybridized carbons (Fsp3) is 0. The molecule has 6 heteroatoms. The predicted octanol–water partition coefficient (Wildman–Crippen LogP) is 1.20. The smallest absolute Gasteiger partial charge is 0.263 e. The number of nitrogens with two attached hydrogens (primary N) is 1. The summed E-state index contributed by atoms with van der Waals surface area (Å²) in [6.07, 6.45) is 6.15. The third kappa shape index (κ3) is 1.97. The van der Waals surface area contributed by atoms with Crippen LogP contribution in [0.3, 0.4) is 0 Å². The second-order valence-electron chi connectivity index (χ2n) is 2.20. The molecule has 13 heavy (non-hydrogen) atoms. The summed E-state index contributed by atoms with van der Waals surface area (Å²) in [4.78, 5) is 11.9. The van der Waals surface area contributed by atoms with Crippen LogP contribution in [0.1, 0.15) is 0 Å². The molecule has 0 bridgehead atoms. The van der Waals surface area contributed by atoms with Crippen molar-refractivity contribution in [1.82, 2.24) is 15.0 Å². The summed E-state index contributed by atoms with van der Waals surface area (Å²) in [5.41, 5.74) is 5.97. The van der Waals surface area contributed by atoms with Crippen LogP contribution in [0.4, 0.5) is 5.69 Å². The minimum atomic E-state index is 0.518. The summed E-state index contributed by atoms with van der Waals surface area (Å²) in [6, 6.07) is 0. The molecule has 2 heterocycles. The first-order chi connectivity index (χ1) is 6.34. The Labute approximate surface area is 78.4 Å². The van der Waals surface area contributed by atoms with Gasteiger partial charge in [-0.1, -0.05) is 0 Å². The third-order valence-electron chi connectivity index (χ3n) is 1.24. The van der Waals surface area contributed by atoms with E-state index in [9.17, 15) is 0 Å². The fourth-order valence-corrected chi connectivity index (χ4v) is 1.30. The van der Waals surface area contributed by atoms with E-state index >= 15 is 0 Å². The van der Waals surface area contributed by atoms with Gasteiger partial charge in [0.05, 0.1) is 24.3 Å². The molecule has 0 spiro atoms. The number of nitrogen functional groups attached to an aromatic ring is 1. The number of oxazole rings is 1.